The Hall–Kier alpha value is -4.07. The van der Waals surface area contributed by atoms with E-state index in [1.54, 1.807) is 41.0 Å². The second-order valence-electron chi connectivity index (χ2n) is 7.91. The van der Waals surface area contributed by atoms with Gasteiger partial charge in [0.1, 0.15) is 23.9 Å². The summed E-state index contributed by atoms with van der Waals surface area (Å²) in [4.78, 5) is 13.2. The number of nitrogens with one attached hydrogen (secondary N) is 1. The molecule has 0 atom stereocenters. The average molecular weight is 482 g/mol. The van der Waals surface area contributed by atoms with Crippen molar-refractivity contribution in [3.63, 3.8) is 0 Å². The molecule has 1 heterocycles. The largest absolute Gasteiger partial charge is 0.489 e. The topological polar surface area (TPSA) is 43.3 Å². The SMILES string of the molecule is C=CCOc1cccc2c1cc(C(=O)NCc1ccc(F)cc1)n2Cc1ccc(C(F)(F)F)cc1. The fraction of sp³-hybridized carbons (Fsp3) is 0.148. The van der Waals surface area contributed by atoms with Crippen LogP contribution >= 0.6 is 0 Å². The summed E-state index contributed by atoms with van der Waals surface area (Å²) in [6.07, 6.45) is -2.82. The van der Waals surface area contributed by atoms with Gasteiger partial charge >= 0.3 is 6.18 Å². The molecule has 0 aliphatic carbocycles. The van der Waals surface area contributed by atoms with E-state index in [9.17, 15) is 22.4 Å². The molecule has 0 saturated carbocycles. The quantitative estimate of drug-likeness (QED) is 0.235. The zero-order valence-electron chi connectivity index (χ0n) is 18.6. The van der Waals surface area contributed by atoms with Crippen LogP contribution in [0.4, 0.5) is 17.6 Å². The molecular weight excluding hydrogens is 460 g/mol. The van der Waals surface area contributed by atoms with Gasteiger partial charge < -0.3 is 14.6 Å². The van der Waals surface area contributed by atoms with E-state index in [2.05, 4.69) is 11.9 Å². The highest BCUT2D eigenvalue weighted by atomic mass is 19.4. The molecule has 0 fully saturated rings. The van der Waals surface area contributed by atoms with Gasteiger partial charge in [0.25, 0.3) is 5.91 Å². The van der Waals surface area contributed by atoms with Crippen molar-refractivity contribution in [3.8, 4) is 5.75 Å². The maximum atomic E-state index is 13.2. The molecule has 1 N–H and O–H groups in total. The van der Waals surface area contributed by atoms with Crippen molar-refractivity contribution in [2.24, 2.45) is 0 Å². The summed E-state index contributed by atoms with van der Waals surface area (Å²) in [5.41, 5.74) is 1.59. The van der Waals surface area contributed by atoms with Gasteiger partial charge in [0.2, 0.25) is 0 Å². The Labute approximate surface area is 199 Å². The van der Waals surface area contributed by atoms with Crippen LogP contribution in [0.15, 0.2) is 85.5 Å². The fourth-order valence-corrected chi connectivity index (χ4v) is 3.75. The van der Waals surface area contributed by atoms with Gasteiger partial charge in [-0.1, -0.05) is 43.0 Å². The Balaban J connectivity index is 1.68. The number of nitrogens with zero attached hydrogens (tertiary/aromatic N) is 1. The third-order valence-corrected chi connectivity index (χ3v) is 5.48. The zero-order valence-corrected chi connectivity index (χ0v) is 18.6. The number of ether oxygens (including phenoxy) is 1. The predicted octanol–water partition coefficient (Wildman–Crippen LogP) is 6.34. The molecule has 0 aliphatic rings. The maximum Gasteiger partial charge on any atom is 0.416 e. The van der Waals surface area contributed by atoms with Crippen molar-refractivity contribution < 1.29 is 27.1 Å². The van der Waals surface area contributed by atoms with Gasteiger partial charge in [-0.15, -0.1) is 0 Å². The number of carbonyl (C=O) groups excluding carboxylic acids is 1. The van der Waals surface area contributed by atoms with Crippen LogP contribution in [0.25, 0.3) is 10.9 Å². The summed E-state index contributed by atoms with van der Waals surface area (Å²) >= 11 is 0. The first-order valence-corrected chi connectivity index (χ1v) is 10.8. The van der Waals surface area contributed by atoms with E-state index in [1.807, 2.05) is 6.07 Å². The number of hydrogen-bond donors (Lipinski definition) is 1. The number of amides is 1. The van der Waals surface area contributed by atoms with E-state index in [-0.39, 0.29) is 31.4 Å². The first-order chi connectivity index (χ1) is 16.8. The normalized spacial score (nSPS) is 11.4. The molecule has 4 nitrogen and oxygen atoms in total. The standard InChI is InChI=1S/C27H22F4N2O2/c1-2-14-35-25-5-3-4-23-22(25)15-24(26(34)32-16-18-8-12-21(28)13-9-18)33(23)17-19-6-10-20(11-7-19)27(29,30)31/h2-13,15H,1,14,16-17H2,(H,32,34). The highest BCUT2D eigenvalue weighted by Gasteiger charge is 2.30. The minimum absolute atomic E-state index is 0.172. The number of carbonyl (C=O) groups is 1. The van der Waals surface area contributed by atoms with Crippen molar-refractivity contribution in [2.75, 3.05) is 6.61 Å². The Morgan fingerprint density at radius 2 is 1.69 bits per heavy atom. The van der Waals surface area contributed by atoms with Crippen molar-refractivity contribution in [3.05, 3.63) is 114 Å². The number of aromatic nitrogens is 1. The lowest BCUT2D eigenvalue weighted by Crippen LogP contribution is -2.25. The van der Waals surface area contributed by atoms with E-state index in [1.165, 1.54) is 24.3 Å². The van der Waals surface area contributed by atoms with Crippen LogP contribution in [-0.2, 0) is 19.3 Å². The summed E-state index contributed by atoms with van der Waals surface area (Å²) in [6, 6.07) is 17.7. The van der Waals surface area contributed by atoms with Crippen LogP contribution in [0.2, 0.25) is 0 Å². The zero-order chi connectivity index (χ0) is 25.0. The van der Waals surface area contributed by atoms with Crippen LogP contribution in [0.3, 0.4) is 0 Å². The number of halogens is 4. The van der Waals surface area contributed by atoms with E-state index in [0.717, 1.165) is 17.7 Å². The summed E-state index contributed by atoms with van der Waals surface area (Å²) in [7, 11) is 0. The third kappa shape index (κ3) is 5.54. The second-order valence-corrected chi connectivity index (χ2v) is 7.91. The van der Waals surface area contributed by atoms with Crippen LogP contribution < -0.4 is 10.1 Å². The van der Waals surface area contributed by atoms with Gasteiger partial charge in [-0.2, -0.15) is 13.2 Å². The van der Waals surface area contributed by atoms with Crippen molar-refractivity contribution in [1.29, 1.82) is 0 Å². The molecule has 3 aromatic carbocycles. The molecule has 1 aromatic heterocycles. The maximum absolute atomic E-state index is 13.2. The van der Waals surface area contributed by atoms with Gasteiger partial charge in [-0.3, -0.25) is 4.79 Å². The minimum Gasteiger partial charge on any atom is -0.489 e. The minimum atomic E-state index is -4.43. The highest BCUT2D eigenvalue weighted by Crippen LogP contribution is 2.32. The number of fused-ring (bicyclic) bond motifs is 1. The Morgan fingerprint density at radius 3 is 2.34 bits per heavy atom. The number of alkyl halides is 3. The average Bonchev–Trinajstić information content (AvgIpc) is 3.21. The molecule has 1 amide bonds. The van der Waals surface area contributed by atoms with Gasteiger partial charge in [-0.25, -0.2) is 4.39 Å². The summed E-state index contributed by atoms with van der Waals surface area (Å²) in [5, 5.41) is 3.51. The second kappa shape index (κ2) is 10.0. The molecule has 0 spiro atoms. The lowest BCUT2D eigenvalue weighted by atomic mass is 10.1. The number of benzene rings is 3. The number of hydrogen-bond acceptors (Lipinski definition) is 2. The molecule has 4 aromatic rings. The van der Waals surface area contributed by atoms with E-state index in [0.29, 0.717) is 27.9 Å². The monoisotopic (exact) mass is 482 g/mol. The van der Waals surface area contributed by atoms with E-state index < -0.39 is 11.7 Å². The van der Waals surface area contributed by atoms with Crippen LogP contribution in [-0.4, -0.2) is 17.1 Å². The molecule has 0 saturated heterocycles. The lowest BCUT2D eigenvalue weighted by Gasteiger charge is -2.13. The molecule has 0 unspecified atom stereocenters. The van der Waals surface area contributed by atoms with Gasteiger partial charge in [-0.05, 0) is 53.6 Å². The molecule has 0 radical (unpaired) electrons. The fourth-order valence-electron chi connectivity index (χ4n) is 3.75. The van der Waals surface area contributed by atoms with Gasteiger partial charge in [0.15, 0.2) is 0 Å². The molecule has 0 bridgehead atoms. The van der Waals surface area contributed by atoms with Crippen LogP contribution in [0, 0.1) is 5.82 Å². The molecule has 4 rings (SSSR count). The van der Waals surface area contributed by atoms with E-state index >= 15 is 0 Å². The highest BCUT2D eigenvalue weighted by molar-refractivity contribution is 6.00. The Bertz CT molecular complexity index is 1340. The van der Waals surface area contributed by atoms with Gasteiger partial charge in [0, 0.05) is 18.5 Å². The van der Waals surface area contributed by atoms with E-state index in [4.69, 9.17) is 4.74 Å². The lowest BCUT2D eigenvalue weighted by molar-refractivity contribution is -0.137. The third-order valence-electron chi connectivity index (χ3n) is 5.48. The van der Waals surface area contributed by atoms with Crippen LogP contribution in [0.1, 0.15) is 27.2 Å². The summed E-state index contributed by atoms with van der Waals surface area (Å²) < 4.78 is 59.6. The van der Waals surface area contributed by atoms with Gasteiger partial charge in [0.05, 0.1) is 11.1 Å². The molecular formula is C27H22F4N2O2. The number of rotatable bonds is 8. The molecule has 0 aliphatic heterocycles. The predicted molar refractivity (Wildman–Crippen MR) is 126 cm³/mol. The van der Waals surface area contributed by atoms with Crippen molar-refractivity contribution >= 4 is 16.8 Å². The van der Waals surface area contributed by atoms with Crippen LogP contribution in [0.5, 0.6) is 5.75 Å². The molecule has 35 heavy (non-hydrogen) atoms. The Morgan fingerprint density at radius 1 is 1.00 bits per heavy atom. The molecule has 180 valence electrons. The Kier molecular flexibility index (Phi) is 6.91. The summed E-state index contributed by atoms with van der Waals surface area (Å²) in [6.45, 7) is 4.27. The summed E-state index contributed by atoms with van der Waals surface area (Å²) in [5.74, 6) is -0.197. The first-order valence-electron chi connectivity index (χ1n) is 10.8. The molecule has 8 heteroatoms. The smallest absolute Gasteiger partial charge is 0.416 e. The van der Waals surface area contributed by atoms with Crippen molar-refractivity contribution in [1.82, 2.24) is 9.88 Å². The van der Waals surface area contributed by atoms with Crippen molar-refractivity contribution in [2.45, 2.75) is 19.3 Å². The first kappa shape index (κ1) is 24.1.